The van der Waals surface area contributed by atoms with Crippen molar-refractivity contribution in [2.24, 2.45) is 4.99 Å². The van der Waals surface area contributed by atoms with Crippen LogP contribution in [-0.4, -0.2) is 5.11 Å². The average Bonchev–Trinajstić information content (AvgIpc) is 3.16. The maximum Gasteiger partial charge on any atom is 0.381 e. The minimum absolute atomic E-state index is 0.182. The minimum Gasteiger partial charge on any atom is -0.508 e. The van der Waals surface area contributed by atoms with Gasteiger partial charge in [0.2, 0.25) is 0 Å². The predicted octanol–water partition coefficient (Wildman–Crippen LogP) is 0.311. The molecule has 10 heteroatoms. The maximum absolute atomic E-state index is 9.93. The molecular weight excluding hydrogens is 456 g/mol. The number of nitrogens with one attached hydrogen (secondary N) is 1. The summed E-state index contributed by atoms with van der Waals surface area (Å²) in [5.41, 5.74) is 2.70. The normalized spacial score (nSPS) is 12.1. The quantitative estimate of drug-likeness (QED) is 0.392. The number of aromatic amines is 1. The Labute approximate surface area is 187 Å². The van der Waals surface area contributed by atoms with Gasteiger partial charge in [-0.05, 0) is 46.7 Å². The molecule has 5 rings (SSSR count). The van der Waals surface area contributed by atoms with Crippen molar-refractivity contribution in [3.05, 3.63) is 84.2 Å². The van der Waals surface area contributed by atoms with Crippen molar-refractivity contribution in [3.63, 3.8) is 0 Å². The Balaban J connectivity index is 0.000000444. The van der Waals surface area contributed by atoms with Crippen LogP contribution < -0.4 is 29.0 Å². The zero-order valence-corrected chi connectivity index (χ0v) is 17.8. The van der Waals surface area contributed by atoms with E-state index in [1.807, 2.05) is 54.6 Å². The molecule has 162 valence electrons. The molecule has 0 saturated carbocycles. The number of H-pyrrole nitrogens is 1. The second kappa shape index (κ2) is 9.05. The average molecular weight is 471 g/mol. The zero-order chi connectivity index (χ0) is 22.7. The van der Waals surface area contributed by atoms with Crippen molar-refractivity contribution in [2.75, 3.05) is 0 Å². The molecule has 0 spiro atoms. The van der Waals surface area contributed by atoms with Gasteiger partial charge in [0.25, 0.3) is 0 Å². The number of phenols is 1. The first-order valence-electron chi connectivity index (χ1n) is 9.16. The lowest BCUT2D eigenvalue weighted by Gasteiger charge is -2.17. The van der Waals surface area contributed by atoms with Crippen LogP contribution in [0.4, 0.5) is 5.13 Å². The number of para-hydroxylation sites is 1. The molecule has 0 amide bonds. The number of hydrogen-bond donors (Lipinski definition) is 1. The van der Waals surface area contributed by atoms with Gasteiger partial charge in [0.05, 0.1) is 10.1 Å². The molecule has 0 fully saturated rings. The Morgan fingerprint density at radius 1 is 0.875 bits per heavy atom. The molecule has 0 aliphatic rings. The van der Waals surface area contributed by atoms with Gasteiger partial charge >= 0.3 is 5.13 Å². The highest BCUT2D eigenvalue weighted by Gasteiger charge is 2.13. The lowest BCUT2D eigenvalue weighted by atomic mass is 10.1. The van der Waals surface area contributed by atoms with Crippen LogP contribution in [0.5, 0.6) is 5.75 Å². The van der Waals surface area contributed by atoms with E-state index in [-0.39, 0.29) is 5.75 Å². The molecule has 2 aromatic heterocycles. The highest BCUT2D eigenvalue weighted by Crippen LogP contribution is 2.26. The van der Waals surface area contributed by atoms with E-state index in [1.165, 1.54) is 0 Å². The predicted molar refractivity (Wildman–Crippen MR) is 107 cm³/mol. The van der Waals surface area contributed by atoms with Gasteiger partial charge in [-0.25, -0.2) is 23.6 Å². The number of thiazole rings is 1. The first kappa shape index (κ1) is 21.9. The van der Waals surface area contributed by atoms with Gasteiger partial charge in [0.1, 0.15) is 22.6 Å². The monoisotopic (exact) mass is 470 g/mol. The molecule has 0 atom stereocenters. The highest BCUT2D eigenvalue weighted by molar-refractivity contribution is 7.21. The van der Waals surface area contributed by atoms with Crippen LogP contribution >= 0.6 is 11.3 Å². The van der Waals surface area contributed by atoms with E-state index >= 15 is 0 Å². The smallest absolute Gasteiger partial charge is 0.381 e. The minimum atomic E-state index is -4.94. The van der Waals surface area contributed by atoms with E-state index < -0.39 is 10.2 Å². The number of aromatic hydroxyl groups is 1. The Morgan fingerprint density at radius 3 is 2.28 bits per heavy atom. The summed E-state index contributed by atoms with van der Waals surface area (Å²) in [4.78, 5) is 8.17. The van der Waals surface area contributed by atoms with E-state index in [9.17, 15) is 5.11 Å². The number of halogens is 1. The largest absolute Gasteiger partial charge is 0.508 e. The number of benzene rings is 3. The molecule has 0 bridgehead atoms. The van der Waals surface area contributed by atoms with Gasteiger partial charge in [-0.2, -0.15) is 0 Å². The fourth-order valence-electron chi connectivity index (χ4n) is 3.06. The fourth-order valence-corrected chi connectivity index (χ4v) is 3.95. The molecule has 0 unspecified atom stereocenters. The van der Waals surface area contributed by atoms with Gasteiger partial charge in [0.15, 0.2) is 5.36 Å². The van der Waals surface area contributed by atoms with Gasteiger partial charge in [-0.1, -0.05) is 42.5 Å². The SMILES string of the molecule is Oc1ccc2oc(-c3ccccc3)c/c(=N\c3[nH+]c4ccccc4s3)c2c1.[O-][Cl+3]([O-])([O-])[O-]. The number of phenolic OH excluding ortho intramolecular Hbond substituents is 1. The Kier molecular flexibility index (Phi) is 6.19. The summed E-state index contributed by atoms with van der Waals surface area (Å²) in [7, 11) is -4.94. The number of nitrogens with zero attached hydrogens (tertiary/aromatic N) is 1. The molecule has 5 aromatic rings. The van der Waals surface area contributed by atoms with Crippen LogP contribution in [0.1, 0.15) is 0 Å². The van der Waals surface area contributed by atoms with Crippen LogP contribution in [0.25, 0.3) is 32.5 Å². The van der Waals surface area contributed by atoms with Crippen molar-refractivity contribution in [1.29, 1.82) is 0 Å². The Bertz CT molecular complexity index is 1410. The third-order valence-electron chi connectivity index (χ3n) is 4.34. The van der Waals surface area contributed by atoms with Crippen molar-refractivity contribution in [1.82, 2.24) is 0 Å². The standard InChI is InChI=1S/C22H14N2O2S.ClHO4/c25-15-10-11-19-16(12-15)18(13-20(26-19)14-6-2-1-3-7-14)24-22-23-17-8-4-5-9-21(17)27-22;2-1(3,4)5/h1-13,25H;(H,2,3,4,5)/b24-18+;. The van der Waals surface area contributed by atoms with E-state index in [2.05, 4.69) is 11.1 Å². The van der Waals surface area contributed by atoms with Crippen molar-refractivity contribution in [3.8, 4) is 17.1 Å². The van der Waals surface area contributed by atoms with Crippen LogP contribution in [-0.2, 0) is 0 Å². The number of rotatable bonds is 2. The molecular formula is C22H15ClN2O6S. The zero-order valence-electron chi connectivity index (χ0n) is 16.2. The maximum atomic E-state index is 9.93. The Hall–Kier alpha value is -3.31. The highest BCUT2D eigenvalue weighted by atomic mass is 35.7. The van der Waals surface area contributed by atoms with Crippen molar-refractivity contribution in [2.45, 2.75) is 0 Å². The molecule has 8 nitrogen and oxygen atoms in total. The van der Waals surface area contributed by atoms with E-state index in [1.54, 1.807) is 29.5 Å². The van der Waals surface area contributed by atoms with Crippen LogP contribution in [0.3, 0.4) is 0 Å². The van der Waals surface area contributed by atoms with Crippen molar-refractivity contribution < 1.29 is 43.4 Å². The van der Waals surface area contributed by atoms with Crippen LogP contribution in [0, 0.1) is 10.2 Å². The summed E-state index contributed by atoms with van der Waals surface area (Å²) in [6.07, 6.45) is 0. The van der Waals surface area contributed by atoms with Crippen molar-refractivity contribution >= 4 is 37.7 Å². The van der Waals surface area contributed by atoms with Gasteiger partial charge in [-0.3, -0.25) is 0 Å². The Morgan fingerprint density at radius 2 is 1.56 bits per heavy atom. The van der Waals surface area contributed by atoms with Gasteiger partial charge in [0, 0.05) is 11.6 Å². The fraction of sp³-hybridized carbons (Fsp3) is 0. The topological polar surface area (TPSA) is 152 Å². The molecule has 3 aromatic carbocycles. The first-order valence-corrected chi connectivity index (χ1v) is 11.2. The summed E-state index contributed by atoms with van der Waals surface area (Å²) < 4.78 is 41.2. The number of fused-ring (bicyclic) bond motifs is 2. The molecule has 32 heavy (non-hydrogen) atoms. The summed E-state index contributed by atoms with van der Waals surface area (Å²) in [6.45, 7) is 0. The molecule has 0 aliphatic heterocycles. The number of hydrogen-bond acceptors (Lipinski definition) is 8. The third-order valence-corrected chi connectivity index (χ3v) is 5.31. The third kappa shape index (κ3) is 5.48. The molecule has 0 radical (unpaired) electrons. The second-order valence-corrected chi connectivity index (χ2v) is 8.35. The van der Waals surface area contributed by atoms with E-state index in [0.717, 1.165) is 37.4 Å². The summed E-state index contributed by atoms with van der Waals surface area (Å²) in [6, 6.07) is 25.0. The van der Waals surface area contributed by atoms with Gasteiger partial charge < -0.3 is 9.52 Å². The lowest BCUT2D eigenvalue weighted by molar-refractivity contribution is -2.00. The van der Waals surface area contributed by atoms with E-state index in [4.69, 9.17) is 28.0 Å². The van der Waals surface area contributed by atoms with Crippen LogP contribution in [0.2, 0.25) is 0 Å². The molecule has 2 N–H and O–H groups in total. The summed E-state index contributed by atoms with van der Waals surface area (Å²) >= 11 is 1.59. The van der Waals surface area contributed by atoms with Crippen LogP contribution in [0.15, 0.2) is 88.3 Å². The lowest BCUT2D eigenvalue weighted by Crippen LogP contribution is -2.68. The first-order chi connectivity index (χ1) is 15.3. The van der Waals surface area contributed by atoms with E-state index in [0.29, 0.717) is 5.58 Å². The second-order valence-electron chi connectivity index (χ2n) is 6.56. The molecule has 0 saturated heterocycles. The summed E-state index contributed by atoms with van der Waals surface area (Å²) in [5, 5.41) is 12.2. The molecule has 2 heterocycles. The summed E-state index contributed by atoms with van der Waals surface area (Å²) in [5.74, 6) is 0.913. The number of aromatic nitrogens is 1. The molecule has 0 aliphatic carbocycles. The van der Waals surface area contributed by atoms with Gasteiger partial charge in [-0.15, -0.1) is 10.2 Å².